The summed E-state index contributed by atoms with van der Waals surface area (Å²) in [5, 5.41) is 4.59. The molecule has 2 heterocycles. The number of aryl methyl sites for hydroxylation is 1. The van der Waals surface area contributed by atoms with Crippen LogP contribution in [0, 0.1) is 5.92 Å². The molecule has 1 amide bonds. The summed E-state index contributed by atoms with van der Waals surface area (Å²) in [5.41, 5.74) is 1.72. The highest BCUT2D eigenvalue weighted by Crippen LogP contribution is 2.35. The number of fused-ring (bicyclic) bond motifs is 1. The van der Waals surface area contributed by atoms with E-state index in [1.54, 1.807) is 4.68 Å². The second-order valence-corrected chi connectivity index (χ2v) is 8.39. The smallest absolute Gasteiger partial charge is 0.272 e. The van der Waals surface area contributed by atoms with Crippen molar-refractivity contribution >= 4 is 5.91 Å². The Morgan fingerprint density at radius 2 is 1.78 bits per heavy atom. The lowest BCUT2D eigenvalue weighted by atomic mass is 9.81. The summed E-state index contributed by atoms with van der Waals surface area (Å²) in [5.74, 6) is 0.903. The fraction of sp³-hybridized carbons (Fsp3) is 0.789. The molecule has 4 heteroatoms. The molecule has 4 nitrogen and oxygen atoms in total. The lowest BCUT2D eigenvalue weighted by molar-refractivity contribution is 0.0558. The fourth-order valence-corrected chi connectivity index (χ4v) is 4.22. The van der Waals surface area contributed by atoms with Gasteiger partial charge in [0.1, 0.15) is 5.69 Å². The number of carbonyl (C=O) groups excluding carboxylic acids is 1. The van der Waals surface area contributed by atoms with Crippen molar-refractivity contribution in [2.24, 2.45) is 13.0 Å². The van der Waals surface area contributed by atoms with Crippen LogP contribution in [0.4, 0.5) is 0 Å². The van der Waals surface area contributed by atoms with Crippen LogP contribution in [0.3, 0.4) is 0 Å². The molecular formula is C19H31N3O. The lowest BCUT2D eigenvalue weighted by Gasteiger charge is -2.38. The molecule has 1 saturated carbocycles. The zero-order valence-corrected chi connectivity index (χ0v) is 15.1. The third-order valence-corrected chi connectivity index (χ3v) is 5.62. The molecule has 128 valence electrons. The molecule has 2 unspecified atom stereocenters. The number of rotatable bonds is 1. The number of likely N-dealkylation sites (tertiary alicyclic amines) is 1. The first kappa shape index (κ1) is 16.5. The van der Waals surface area contributed by atoms with Gasteiger partial charge in [0.2, 0.25) is 0 Å². The first-order valence-corrected chi connectivity index (χ1v) is 9.23. The van der Waals surface area contributed by atoms with Gasteiger partial charge in [-0.2, -0.15) is 5.10 Å². The van der Waals surface area contributed by atoms with Gasteiger partial charge < -0.3 is 4.90 Å². The molecule has 1 aromatic heterocycles. The molecule has 23 heavy (non-hydrogen) atoms. The summed E-state index contributed by atoms with van der Waals surface area (Å²) in [6.45, 7) is 7.35. The summed E-state index contributed by atoms with van der Waals surface area (Å²) >= 11 is 0. The molecule has 0 N–H and O–H groups in total. The second-order valence-electron chi connectivity index (χ2n) is 8.39. The van der Waals surface area contributed by atoms with Crippen molar-refractivity contribution in [1.29, 1.82) is 0 Å². The molecule has 0 bridgehead atoms. The number of aromatic nitrogens is 2. The number of amides is 1. The topological polar surface area (TPSA) is 38.1 Å². The molecule has 1 saturated heterocycles. The number of hydrogen-bond acceptors (Lipinski definition) is 2. The Kier molecular flexibility index (Phi) is 4.52. The standard InChI is InChI=1S/C19H31N3O/c1-19(2,3)17-13-16(21(4)20-17)18(23)22-12-8-7-10-14-9-5-6-11-15(14)22/h13-15H,5-12H2,1-4H3. The summed E-state index contributed by atoms with van der Waals surface area (Å²) in [7, 11) is 1.90. The maximum Gasteiger partial charge on any atom is 0.272 e. The Balaban J connectivity index is 1.87. The van der Waals surface area contributed by atoms with Crippen LogP contribution in [0.5, 0.6) is 0 Å². The van der Waals surface area contributed by atoms with E-state index in [2.05, 4.69) is 30.8 Å². The zero-order chi connectivity index (χ0) is 16.6. The van der Waals surface area contributed by atoms with Crippen LogP contribution in [-0.4, -0.2) is 33.2 Å². The van der Waals surface area contributed by atoms with Crippen molar-refractivity contribution < 1.29 is 4.79 Å². The van der Waals surface area contributed by atoms with Gasteiger partial charge in [-0.15, -0.1) is 0 Å². The second kappa shape index (κ2) is 6.29. The highest BCUT2D eigenvalue weighted by molar-refractivity contribution is 5.93. The van der Waals surface area contributed by atoms with Crippen molar-refractivity contribution in [3.8, 4) is 0 Å². The van der Waals surface area contributed by atoms with Gasteiger partial charge in [-0.1, -0.05) is 40.0 Å². The van der Waals surface area contributed by atoms with Crippen molar-refractivity contribution in [2.75, 3.05) is 6.54 Å². The zero-order valence-electron chi connectivity index (χ0n) is 15.1. The minimum absolute atomic E-state index is 0.0253. The molecule has 2 atom stereocenters. The minimum atomic E-state index is -0.0253. The molecule has 0 aromatic carbocycles. The monoisotopic (exact) mass is 317 g/mol. The Hall–Kier alpha value is -1.32. The van der Waals surface area contributed by atoms with Crippen molar-refractivity contribution in [3.63, 3.8) is 0 Å². The Labute approximate surface area is 140 Å². The van der Waals surface area contributed by atoms with Gasteiger partial charge in [0.15, 0.2) is 0 Å². The van der Waals surface area contributed by atoms with Gasteiger partial charge in [-0.3, -0.25) is 9.48 Å². The average molecular weight is 317 g/mol. The Morgan fingerprint density at radius 3 is 2.43 bits per heavy atom. The predicted molar refractivity (Wildman–Crippen MR) is 92.5 cm³/mol. The van der Waals surface area contributed by atoms with Crippen LogP contribution in [0.1, 0.15) is 81.9 Å². The van der Waals surface area contributed by atoms with E-state index in [1.165, 1.54) is 38.5 Å². The van der Waals surface area contributed by atoms with Gasteiger partial charge in [-0.05, 0) is 37.7 Å². The molecule has 1 aliphatic heterocycles. The van der Waals surface area contributed by atoms with Crippen molar-refractivity contribution in [1.82, 2.24) is 14.7 Å². The van der Waals surface area contributed by atoms with E-state index in [0.29, 0.717) is 12.0 Å². The van der Waals surface area contributed by atoms with E-state index >= 15 is 0 Å². The molecule has 3 rings (SSSR count). The van der Waals surface area contributed by atoms with E-state index in [-0.39, 0.29) is 11.3 Å². The molecule has 0 radical (unpaired) electrons. The maximum atomic E-state index is 13.2. The summed E-state index contributed by atoms with van der Waals surface area (Å²) in [4.78, 5) is 15.4. The van der Waals surface area contributed by atoms with Gasteiger partial charge >= 0.3 is 0 Å². The van der Waals surface area contributed by atoms with Crippen molar-refractivity contribution in [3.05, 3.63) is 17.5 Å². The van der Waals surface area contributed by atoms with E-state index in [9.17, 15) is 4.79 Å². The van der Waals surface area contributed by atoms with Gasteiger partial charge in [0.25, 0.3) is 5.91 Å². The third-order valence-electron chi connectivity index (χ3n) is 5.62. The molecule has 1 aromatic rings. The largest absolute Gasteiger partial charge is 0.334 e. The van der Waals surface area contributed by atoms with Crippen LogP contribution in [0.25, 0.3) is 0 Å². The highest BCUT2D eigenvalue weighted by atomic mass is 16.2. The van der Waals surface area contributed by atoms with Crippen LogP contribution in [0.2, 0.25) is 0 Å². The van der Waals surface area contributed by atoms with Crippen LogP contribution in [-0.2, 0) is 12.5 Å². The highest BCUT2D eigenvalue weighted by Gasteiger charge is 2.36. The van der Waals surface area contributed by atoms with E-state index in [0.717, 1.165) is 24.4 Å². The molecule has 2 aliphatic rings. The average Bonchev–Trinajstić information content (AvgIpc) is 2.77. The molecular weight excluding hydrogens is 286 g/mol. The fourth-order valence-electron chi connectivity index (χ4n) is 4.22. The van der Waals surface area contributed by atoms with Crippen LogP contribution >= 0.6 is 0 Å². The first-order chi connectivity index (χ1) is 10.9. The van der Waals surface area contributed by atoms with Crippen LogP contribution < -0.4 is 0 Å². The quantitative estimate of drug-likeness (QED) is 0.788. The predicted octanol–water partition coefficient (Wildman–Crippen LogP) is 3.90. The van der Waals surface area contributed by atoms with E-state index in [1.807, 2.05) is 13.1 Å². The van der Waals surface area contributed by atoms with Crippen LogP contribution in [0.15, 0.2) is 6.07 Å². The SMILES string of the molecule is Cn1nc(C(C)(C)C)cc1C(=O)N1CCCCC2CCCCC21. The summed E-state index contributed by atoms with van der Waals surface area (Å²) < 4.78 is 1.78. The van der Waals surface area contributed by atoms with Gasteiger partial charge in [0, 0.05) is 25.0 Å². The van der Waals surface area contributed by atoms with E-state index < -0.39 is 0 Å². The number of carbonyl (C=O) groups is 1. The number of hydrogen-bond donors (Lipinski definition) is 0. The molecule has 0 spiro atoms. The lowest BCUT2D eigenvalue weighted by Crippen LogP contribution is -2.45. The Morgan fingerprint density at radius 1 is 1.13 bits per heavy atom. The third kappa shape index (κ3) is 3.31. The summed E-state index contributed by atoms with van der Waals surface area (Å²) in [6, 6.07) is 2.46. The number of nitrogens with zero attached hydrogens (tertiary/aromatic N) is 3. The van der Waals surface area contributed by atoms with Gasteiger partial charge in [0.05, 0.1) is 5.69 Å². The van der Waals surface area contributed by atoms with Crippen molar-refractivity contribution in [2.45, 2.75) is 77.2 Å². The van der Waals surface area contributed by atoms with Gasteiger partial charge in [-0.25, -0.2) is 0 Å². The Bertz CT molecular complexity index is 570. The normalized spacial score (nSPS) is 25.8. The summed E-state index contributed by atoms with van der Waals surface area (Å²) in [6.07, 6.45) is 8.79. The molecule has 1 aliphatic carbocycles. The van der Waals surface area contributed by atoms with E-state index in [4.69, 9.17) is 0 Å². The maximum absolute atomic E-state index is 13.2. The minimum Gasteiger partial charge on any atom is -0.334 e. The molecule has 2 fully saturated rings. The first-order valence-electron chi connectivity index (χ1n) is 9.23.